The number of ether oxygens (including phenoxy) is 1. The third-order valence-electron chi connectivity index (χ3n) is 4.29. The lowest BCUT2D eigenvalue weighted by Crippen LogP contribution is -2.31. The van der Waals surface area contributed by atoms with Crippen LogP contribution in [0.4, 0.5) is 0 Å². The molecule has 0 spiro atoms. The van der Waals surface area contributed by atoms with Crippen LogP contribution in [0.5, 0.6) is 5.75 Å². The lowest BCUT2D eigenvalue weighted by atomic mass is 10.2. The van der Waals surface area contributed by atoms with Crippen molar-refractivity contribution >= 4 is 15.9 Å². The van der Waals surface area contributed by atoms with Crippen molar-refractivity contribution < 1.29 is 17.9 Å². The number of hydrogen-bond donors (Lipinski definition) is 1. The number of sulfonamides is 1. The van der Waals surface area contributed by atoms with Gasteiger partial charge in [0.2, 0.25) is 10.0 Å². The summed E-state index contributed by atoms with van der Waals surface area (Å²) < 4.78 is 32.2. The summed E-state index contributed by atoms with van der Waals surface area (Å²) in [7, 11) is -3.60. The van der Waals surface area contributed by atoms with Crippen molar-refractivity contribution in [3.05, 3.63) is 59.7 Å². The number of nitrogens with zero attached hydrogens (tertiary/aromatic N) is 1. The van der Waals surface area contributed by atoms with Crippen LogP contribution in [-0.4, -0.2) is 38.3 Å². The lowest BCUT2D eigenvalue weighted by molar-refractivity contribution is 0.0950. The zero-order valence-electron chi connectivity index (χ0n) is 16.6. The van der Waals surface area contributed by atoms with Crippen molar-refractivity contribution in [1.82, 2.24) is 9.62 Å². The maximum atomic E-state index is 12.6. The zero-order chi connectivity index (χ0) is 20.6. The van der Waals surface area contributed by atoms with Gasteiger partial charge in [-0.25, -0.2) is 8.42 Å². The van der Waals surface area contributed by atoms with E-state index in [0.29, 0.717) is 31.8 Å². The number of carbonyl (C=O) groups is 1. The number of nitrogens with one attached hydrogen (secondary N) is 1. The highest BCUT2D eigenvalue weighted by Gasteiger charge is 2.22. The van der Waals surface area contributed by atoms with Gasteiger partial charge in [0.25, 0.3) is 5.91 Å². The summed E-state index contributed by atoms with van der Waals surface area (Å²) in [4.78, 5) is 12.6. The van der Waals surface area contributed by atoms with Gasteiger partial charge in [-0.15, -0.1) is 0 Å². The summed E-state index contributed by atoms with van der Waals surface area (Å²) in [5.41, 5.74) is 1.25. The maximum Gasteiger partial charge on any atom is 0.251 e. The molecule has 0 fully saturated rings. The van der Waals surface area contributed by atoms with Crippen LogP contribution < -0.4 is 10.1 Å². The first kappa shape index (κ1) is 21.9. The average Bonchev–Trinajstić information content (AvgIpc) is 2.72. The second kappa shape index (κ2) is 10.2. The summed E-state index contributed by atoms with van der Waals surface area (Å²) in [5.74, 6) is 0.481. The van der Waals surface area contributed by atoms with Gasteiger partial charge in [0.1, 0.15) is 5.75 Å². The van der Waals surface area contributed by atoms with Gasteiger partial charge < -0.3 is 10.1 Å². The fourth-order valence-corrected chi connectivity index (χ4v) is 4.22. The summed E-state index contributed by atoms with van der Waals surface area (Å²) >= 11 is 0. The molecule has 152 valence electrons. The Balaban J connectivity index is 2.05. The molecule has 0 atom stereocenters. The minimum absolute atomic E-state index is 0.126. The number of rotatable bonds is 10. The maximum absolute atomic E-state index is 12.6. The van der Waals surface area contributed by atoms with Crippen LogP contribution in [0.2, 0.25) is 0 Å². The number of hydrogen-bond acceptors (Lipinski definition) is 4. The molecule has 1 N–H and O–H groups in total. The average molecular weight is 405 g/mol. The van der Waals surface area contributed by atoms with Crippen molar-refractivity contribution in [3.8, 4) is 5.75 Å². The van der Waals surface area contributed by atoms with Gasteiger partial charge in [0.05, 0.1) is 11.5 Å². The number of amides is 1. The van der Waals surface area contributed by atoms with E-state index in [1.54, 1.807) is 26.0 Å². The highest BCUT2D eigenvalue weighted by atomic mass is 32.2. The SMILES string of the molecule is CCCOc1ccc(CNC(=O)c2cccc(S(=O)(=O)N(CC)CC)c2)cc1. The predicted octanol–water partition coefficient (Wildman–Crippen LogP) is 3.44. The first-order chi connectivity index (χ1) is 13.4. The molecule has 1 amide bonds. The first-order valence-electron chi connectivity index (χ1n) is 9.52. The molecule has 0 radical (unpaired) electrons. The number of benzene rings is 2. The minimum Gasteiger partial charge on any atom is -0.494 e. The van der Waals surface area contributed by atoms with Crippen LogP contribution in [0.15, 0.2) is 53.4 Å². The van der Waals surface area contributed by atoms with Crippen molar-refractivity contribution in [3.63, 3.8) is 0 Å². The van der Waals surface area contributed by atoms with Gasteiger partial charge >= 0.3 is 0 Å². The molecule has 6 nitrogen and oxygen atoms in total. The van der Waals surface area contributed by atoms with Crippen LogP contribution in [-0.2, 0) is 16.6 Å². The third kappa shape index (κ3) is 5.56. The van der Waals surface area contributed by atoms with Crippen molar-refractivity contribution in [2.24, 2.45) is 0 Å². The highest BCUT2D eigenvalue weighted by Crippen LogP contribution is 2.17. The van der Waals surface area contributed by atoms with Crippen LogP contribution in [0, 0.1) is 0 Å². The molecule has 0 bridgehead atoms. The summed E-state index contributed by atoms with van der Waals surface area (Å²) in [6.45, 7) is 7.40. The monoisotopic (exact) mass is 404 g/mol. The molecule has 2 aromatic rings. The molecule has 0 aliphatic rings. The Morgan fingerprint density at radius 2 is 1.71 bits per heavy atom. The summed E-state index contributed by atoms with van der Waals surface area (Å²) in [6.07, 6.45) is 0.945. The Morgan fingerprint density at radius 3 is 2.32 bits per heavy atom. The fraction of sp³-hybridized carbons (Fsp3) is 0.381. The largest absolute Gasteiger partial charge is 0.494 e. The van der Waals surface area contributed by atoms with Gasteiger partial charge in [-0.3, -0.25) is 4.79 Å². The topological polar surface area (TPSA) is 75.7 Å². The highest BCUT2D eigenvalue weighted by molar-refractivity contribution is 7.89. The van der Waals surface area contributed by atoms with Crippen LogP contribution in [0.25, 0.3) is 0 Å². The minimum atomic E-state index is -3.60. The van der Waals surface area contributed by atoms with Crippen LogP contribution in [0.1, 0.15) is 43.1 Å². The van der Waals surface area contributed by atoms with E-state index < -0.39 is 10.0 Å². The van der Waals surface area contributed by atoms with Crippen molar-refractivity contribution in [2.75, 3.05) is 19.7 Å². The van der Waals surface area contributed by atoms with Crippen molar-refractivity contribution in [2.45, 2.75) is 38.6 Å². The molecule has 2 aromatic carbocycles. The van der Waals surface area contributed by atoms with E-state index in [2.05, 4.69) is 5.32 Å². The molecule has 0 saturated carbocycles. The Labute approximate surface area is 167 Å². The molecule has 0 unspecified atom stereocenters. The molecule has 0 aromatic heterocycles. The Hall–Kier alpha value is -2.38. The third-order valence-corrected chi connectivity index (χ3v) is 6.33. The Bertz CT molecular complexity index is 876. The van der Waals surface area contributed by atoms with E-state index in [0.717, 1.165) is 17.7 Å². The summed E-state index contributed by atoms with van der Waals surface area (Å²) in [5, 5.41) is 2.83. The van der Waals surface area contributed by atoms with Crippen molar-refractivity contribution in [1.29, 1.82) is 0 Å². The lowest BCUT2D eigenvalue weighted by Gasteiger charge is -2.18. The molecular weight excluding hydrogens is 376 g/mol. The molecule has 7 heteroatoms. The van der Waals surface area contributed by atoms with E-state index in [1.165, 1.54) is 16.4 Å². The molecule has 0 heterocycles. The Kier molecular flexibility index (Phi) is 8.02. The van der Waals surface area contributed by atoms with Gasteiger partial charge in [0.15, 0.2) is 0 Å². The van der Waals surface area contributed by atoms with E-state index >= 15 is 0 Å². The quantitative estimate of drug-likeness (QED) is 0.658. The van der Waals surface area contributed by atoms with Gasteiger partial charge in [-0.05, 0) is 42.3 Å². The fourth-order valence-electron chi connectivity index (χ4n) is 2.72. The normalized spacial score (nSPS) is 11.4. The molecule has 2 rings (SSSR count). The molecule has 0 aliphatic carbocycles. The van der Waals surface area contributed by atoms with Crippen LogP contribution >= 0.6 is 0 Å². The second-order valence-electron chi connectivity index (χ2n) is 6.29. The van der Waals surface area contributed by atoms with Crippen LogP contribution in [0.3, 0.4) is 0 Å². The molecule has 0 saturated heterocycles. The molecule has 28 heavy (non-hydrogen) atoms. The van der Waals surface area contributed by atoms with E-state index in [-0.39, 0.29) is 10.8 Å². The van der Waals surface area contributed by atoms with E-state index in [4.69, 9.17) is 4.74 Å². The van der Waals surface area contributed by atoms with Gasteiger partial charge in [-0.2, -0.15) is 4.31 Å². The summed E-state index contributed by atoms with van der Waals surface area (Å²) in [6, 6.07) is 13.7. The second-order valence-corrected chi connectivity index (χ2v) is 8.23. The molecular formula is C21H28N2O4S. The number of carbonyl (C=O) groups excluding carboxylic acids is 1. The zero-order valence-corrected chi connectivity index (χ0v) is 17.5. The van der Waals surface area contributed by atoms with Gasteiger partial charge in [0, 0.05) is 25.2 Å². The predicted molar refractivity (Wildman–Crippen MR) is 110 cm³/mol. The van der Waals surface area contributed by atoms with E-state index in [9.17, 15) is 13.2 Å². The standard InChI is InChI=1S/C21H28N2O4S/c1-4-14-27-19-12-10-17(11-13-19)16-22-21(24)18-8-7-9-20(15-18)28(25,26)23(5-2)6-3/h7-13,15H,4-6,14,16H2,1-3H3,(H,22,24). The Morgan fingerprint density at radius 1 is 1.04 bits per heavy atom. The smallest absolute Gasteiger partial charge is 0.251 e. The molecule has 0 aliphatic heterocycles. The van der Waals surface area contributed by atoms with E-state index in [1.807, 2.05) is 31.2 Å². The van der Waals surface area contributed by atoms with Gasteiger partial charge in [-0.1, -0.05) is 39.0 Å². The first-order valence-corrected chi connectivity index (χ1v) is 11.0.